The number of H-pyrrole nitrogens is 1. The molecule has 4 rings (SSSR count). The lowest BCUT2D eigenvalue weighted by molar-refractivity contribution is -0.131. The minimum absolute atomic E-state index is 0.0258. The van der Waals surface area contributed by atoms with Crippen LogP contribution in [0.1, 0.15) is 32.9 Å². The smallest absolute Gasteiger partial charge is 0.272 e. The molecule has 0 fully saturated rings. The number of benzene rings is 2. The predicted molar refractivity (Wildman–Crippen MR) is 123 cm³/mol. The van der Waals surface area contributed by atoms with Crippen LogP contribution < -0.4 is 14.8 Å². The van der Waals surface area contributed by atoms with E-state index in [-0.39, 0.29) is 11.8 Å². The Bertz CT molecular complexity index is 1110. The number of nitrogens with one attached hydrogen (secondary N) is 2. The molecule has 3 aromatic rings. The summed E-state index contributed by atoms with van der Waals surface area (Å²) in [6, 6.07) is 15.2. The average Bonchev–Trinajstić information content (AvgIpc) is 3.28. The molecule has 0 bridgehead atoms. The molecule has 1 aromatic heterocycles. The Morgan fingerprint density at radius 2 is 1.64 bits per heavy atom. The van der Waals surface area contributed by atoms with Crippen molar-refractivity contribution in [2.45, 2.75) is 25.8 Å². The van der Waals surface area contributed by atoms with Gasteiger partial charge in [-0.05, 0) is 41.8 Å². The van der Waals surface area contributed by atoms with E-state index in [9.17, 15) is 9.59 Å². The molecule has 0 spiro atoms. The third-order valence-electron chi connectivity index (χ3n) is 5.87. The Morgan fingerprint density at radius 3 is 2.27 bits per heavy atom. The van der Waals surface area contributed by atoms with Crippen LogP contribution in [0.3, 0.4) is 0 Å². The minimum atomic E-state index is -0.231. The molecule has 0 saturated heterocycles. The first-order chi connectivity index (χ1) is 16.1. The molecule has 2 aromatic carbocycles. The fourth-order valence-corrected chi connectivity index (χ4v) is 3.92. The van der Waals surface area contributed by atoms with Gasteiger partial charge in [0.1, 0.15) is 11.5 Å². The van der Waals surface area contributed by atoms with Crippen LogP contribution in [0.15, 0.2) is 48.5 Å². The van der Waals surface area contributed by atoms with E-state index in [1.807, 2.05) is 48.5 Å². The molecule has 0 radical (unpaired) electrons. The molecule has 172 valence electrons. The number of aromatic amines is 1. The van der Waals surface area contributed by atoms with Crippen molar-refractivity contribution in [1.82, 2.24) is 20.4 Å². The Balaban J connectivity index is 1.34. The van der Waals surface area contributed by atoms with Crippen molar-refractivity contribution in [2.75, 3.05) is 27.3 Å². The van der Waals surface area contributed by atoms with Crippen LogP contribution in [0.5, 0.6) is 11.5 Å². The number of hydrogen-bond donors (Lipinski definition) is 2. The van der Waals surface area contributed by atoms with Crippen LogP contribution in [0.4, 0.5) is 0 Å². The molecule has 2 heterocycles. The summed E-state index contributed by atoms with van der Waals surface area (Å²) >= 11 is 0. The van der Waals surface area contributed by atoms with Crippen molar-refractivity contribution in [3.63, 3.8) is 0 Å². The predicted octanol–water partition coefficient (Wildman–Crippen LogP) is 2.53. The zero-order valence-corrected chi connectivity index (χ0v) is 18.9. The SMILES string of the molecule is COc1ccc(CCNC(=O)c2n[nH]c3c2CN(C(=O)Cc2ccc(OC)cc2)CC3)cc1. The largest absolute Gasteiger partial charge is 0.497 e. The lowest BCUT2D eigenvalue weighted by Gasteiger charge is -2.27. The van der Waals surface area contributed by atoms with Gasteiger partial charge in [-0.15, -0.1) is 0 Å². The van der Waals surface area contributed by atoms with E-state index >= 15 is 0 Å². The molecule has 0 aliphatic carbocycles. The summed E-state index contributed by atoms with van der Waals surface area (Å²) in [7, 11) is 3.25. The molecule has 2 amide bonds. The van der Waals surface area contributed by atoms with Gasteiger partial charge in [-0.1, -0.05) is 24.3 Å². The maximum Gasteiger partial charge on any atom is 0.272 e. The van der Waals surface area contributed by atoms with Gasteiger partial charge in [0.05, 0.1) is 20.6 Å². The second-order valence-corrected chi connectivity index (χ2v) is 7.97. The van der Waals surface area contributed by atoms with Gasteiger partial charge in [-0.3, -0.25) is 14.7 Å². The molecule has 8 nitrogen and oxygen atoms in total. The molecule has 8 heteroatoms. The number of carbonyl (C=O) groups excluding carboxylic acids is 2. The van der Waals surface area contributed by atoms with Crippen molar-refractivity contribution in [1.29, 1.82) is 0 Å². The fraction of sp³-hybridized carbons (Fsp3) is 0.320. The van der Waals surface area contributed by atoms with Crippen LogP contribution in [0.25, 0.3) is 0 Å². The third kappa shape index (κ3) is 5.34. The molecular weight excluding hydrogens is 420 g/mol. The Hall–Kier alpha value is -3.81. The molecule has 1 aliphatic rings. The monoisotopic (exact) mass is 448 g/mol. The first-order valence-electron chi connectivity index (χ1n) is 11.0. The van der Waals surface area contributed by atoms with Gasteiger partial charge in [0, 0.05) is 37.3 Å². The van der Waals surface area contributed by atoms with Crippen LogP contribution in [0.2, 0.25) is 0 Å². The highest BCUT2D eigenvalue weighted by molar-refractivity contribution is 5.94. The number of ether oxygens (including phenoxy) is 2. The van der Waals surface area contributed by atoms with Gasteiger partial charge in [0.25, 0.3) is 5.91 Å². The van der Waals surface area contributed by atoms with Crippen LogP contribution in [-0.2, 0) is 30.6 Å². The van der Waals surface area contributed by atoms with Crippen molar-refractivity contribution >= 4 is 11.8 Å². The third-order valence-corrected chi connectivity index (χ3v) is 5.87. The quantitative estimate of drug-likeness (QED) is 0.552. The molecular formula is C25H28N4O4. The second-order valence-electron chi connectivity index (χ2n) is 7.97. The number of nitrogens with zero attached hydrogens (tertiary/aromatic N) is 2. The highest BCUT2D eigenvalue weighted by Gasteiger charge is 2.27. The van der Waals surface area contributed by atoms with E-state index in [4.69, 9.17) is 9.47 Å². The zero-order chi connectivity index (χ0) is 23.2. The summed E-state index contributed by atoms with van der Waals surface area (Å²) in [5.74, 6) is 1.36. The summed E-state index contributed by atoms with van der Waals surface area (Å²) in [6.07, 6.45) is 1.66. The number of aromatic nitrogens is 2. The average molecular weight is 449 g/mol. The van der Waals surface area contributed by atoms with Gasteiger partial charge < -0.3 is 19.7 Å². The van der Waals surface area contributed by atoms with E-state index in [2.05, 4.69) is 15.5 Å². The van der Waals surface area contributed by atoms with E-state index < -0.39 is 0 Å². The fourth-order valence-electron chi connectivity index (χ4n) is 3.92. The summed E-state index contributed by atoms with van der Waals surface area (Å²) in [4.78, 5) is 27.4. The van der Waals surface area contributed by atoms with E-state index in [0.717, 1.165) is 33.9 Å². The van der Waals surface area contributed by atoms with Crippen LogP contribution >= 0.6 is 0 Å². The van der Waals surface area contributed by atoms with Gasteiger partial charge >= 0.3 is 0 Å². The first-order valence-corrected chi connectivity index (χ1v) is 11.0. The number of fused-ring (bicyclic) bond motifs is 1. The van der Waals surface area contributed by atoms with Crippen LogP contribution in [-0.4, -0.2) is 54.2 Å². The number of hydrogen-bond acceptors (Lipinski definition) is 5. The lowest BCUT2D eigenvalue weighted by atomic mass is 10.0. The van der Waals surface area contributed by atoms with E-state index in [1.165, 1.54) is 0 Å². The van der Waals surface area contributed by atoms with Crippen molar-refractivity contribution in [3.8, 4) is 11.5 Å². The lowest BCUT2D eigenvalue weighted by Crippen LogP contribution is -2.37. The summed E-state index contributed by atoms with van der Waals surface area (Å²) in [6.45, 7) is 1.47. The van der Waals surface area contributed by atoms with Crippen molar-refractivity contribution in [2.24, 2.45) is 0 Å². The molecule has 0 atom stereocenters. The highest BCUT2D eigenvalue weighted by atomic mass is 16.5. The molecule has 1 aliphatic heterocycles. The van der Waals surface area contributed by atoms with E-state index in [0.29, 0.717) is 44.6 Å². The van der Waals surface area contributed by atoms with E-state index in [1.54, 1.807) is 19.1 Å². The highest BCUT2D eigenvalue weighted by Crippen LogP contribution is 2.22. The number of rotatable bonds is 8. The normalized spacial score (nSPS) is 12.7. The maximum absolute atomic E-state index is 12.9. The molecule has 2 N–H and O–H groups in total. The van der Waals surface area contributed by atoms with Crippen molar-refractivity contribution in [3.05, 3.63) is 76.6 Å². The molecule has 0 unspecified atom stereocenters. The maximum atomic E-state index is 12.9. The second kappa shape index (κ2) is 10.2. The van der Waals surface area contributed by atoms with Gasteiger partial charge in [-0.25, -0.2) is 0 Å². The topological polar surface area (TPSA) is 96.5 Å². The number of carbonyl (C=O) groups is 2. The number of methoxy groups -OCH3 is 2. The van der Waals surface area contributed by atoms with Crippen LogP contribution in [0, 0.1) is 0 Å². The minimum Gasteiger partial charge on any atom is -0.497 e. The Labute approximate surface area is 192 Å². The Kier molecular flexibility index (Phi) is 6.92. The standard InChI is InChI=1S/C25H28N4O4/c1-32-19-7-3-17(4-8-19)11-13-26-25(31)24-21-16-29(14-12-22(21)27-28-24)23(30)15-18-5-9-20(33-2)10-6-18/h3-10H,11-16H2,1-2H3,(H,26,31)(H,27,28). The summed E-state index contributed by atoms with van der Waals surface area (Å²) in [5, 5.41) is 10.1. The van der Waals surface area contributed by atoms with Crippen molar-refractivity contribution < 1.29 is 19.1 Å². The molecule has 33 heavy (non-hydrogen) atoms. The number of amides is 2. The van der Waals surface area contributed by atoms with Gasteiger partial charge in [0.2, 0.25) is 5.91 Å². The first kappa shape index (κ1) is 22.4. The van der Waals surface area contributed by atoms with Gasteiger partial charge in [0.15, 0.2) is 5.69 Å². The Morgan fingerprint density at radius 1 is 1.00 bits per heavy atom. The van der Waals surface area contributed by atoms with Gasteiger partial charge in [-0.2, -0.15) is 5.10 Å². The zero-order valence-electron chi connectivity index (χ0n) is 18.9. The molecule has 0 saturated carbocycles. The summed E-state index contributed by atoms with van der Waals surface area (Å²) in [5.41, 5.74) is 4.11. The summed E-state index contributed by atoms with van der Waals surface area (Å²) < 4.78 is 10.3.